The van der Waals surface area contributed by atoms with Gasteiger partial charge in [-0.15, -0.1) is 0 Å². The first-order valence-corrected chi connectivity index (χ1v) is 7.76. The number of carbonyl (C=O) groups is 2. The van der Waals surface area contributed by atoms with Crippen LogP contribution in [0.2, 0.25) is 0 Å². The highest BCUT2D eigenvalue weighted by Crippen LogP contribution is 2.63. The van der Waals surface area contributed by atoms with E-state index in [1.807, 2.05) is 0 Å². The van der Waals surface area contributed by atoms with Crippen LogP contribution in [0.3, 0.4) is 0 Å². The molecule has 7 heteroatoms. The average molecular weight is 336 g/mol. The number of carbonyl (C=O) groups excluding carboxylic acids is 4. The molecule has 24 heavy (non-hydrogen) atoms. The highest BCUT2D eigenvalue weighted by atomic mass is 16.6. The van der Waals surface area contributed by atoms with E-state index in [1.54, 1.807) is 0 Å². The Morgan fingerprint density at radius 3 is 2.54 bits per heavy atom. The van der Waals surface area contributed by atoms with Crippen LogP contribution in [0, 0.1) is 29.6 Å². The molecule has 0 N–H and O–H groups in total. The van der Waals surface area contributed by atoms with Gasteiger partial charge in [-0.2, -0.15) is 9.59 Å². The molecule has 0 aromatic heterocycles. The Hall–Kier alpha value is -2.40. The van der Waals surface area contributed by atoms with Crippen molar-refractivity contribution in [3.63, 3.8) is 0 Å². The number of esters is 2. The van der Waals surface area contributed by atoms with Gasteiger partial charge in [-0.1, -0.05) is 20.1 Å². The number of hydrogen-bond donors (Lipinski definition) is 0. The molecule has 7 nitrogen and oxygen atoms in total. The standard InChI is InChI=1S/C16H20O5.CO2/c1-4-12(17)19-5-6-20-16(18)14-10-7-11-13(14)9(3)21-15(11)8(10)2;2-1-3/h4,8,10-11,13-15H,1,3,5-7H2,2H3;. The van der Waals surface area contributed by atoms with Crippen molar-refractivity contribution in [1.82, 2.24) is 0 Å². The molecule has 6 atom stereocenters. The van der Waals surface area contributed by atoms with Gasteiger partial charge in [0.25, 0.3) is 0 Å². The summed E-state index contributed by atoms with van der Waals surface area (Å²) in [6.07, 6.45) is 2.57. The van der Waals surface area contributed by atoms with Gasteiger partial charge in [0, 0.05) is 17.9 Å². The molecule has 130 valence electrons. The molecule has 3 aliphatic rings. The molecule has 0 spiro atoms. The highest BCUT2D eigenvalue weighted by molar-refractivity contribution is 5.81. The van der Waals surface area contributed by atoms with Crippen molar-refractivity contribution >= 4 is 18.1 Å². The molecule has 1 saturated heterocycles. The zero-order valence-corrected chi connectivity index (χ0v) is 13.4. The molecule has 2 aliphatic carbocycles. The largest absolute Gasteiger partial charge is 0.494 e. The Morgan fingerprint density at radius 1 is 1.29 bits per heavy atom. The van der Waals surface area contributed by atoms with E-state index in [9.17, 15) is 9.59 Å². The van der Waals surface area contributed by atoms with Crippen molar-refractivity contribution in [2.75, 3.05) is 13.2 Å². The Morgan fingerprint density at radius 2 is 1.92 bits per heavy atom. The molecule has 1 heterocycles. The Labute approximate surface area is 139 Å². The lowest BCUT2D eigenvalue weighted by Gasteiger charge is -2.28. The second-order valence-electron chi connectivity index (χ2n) is 6.15. The second-order valence-corrected chi connectivity index (χ2v) is 6.15. The van der Waals surface area contributed by atoms with Crippen LogP contribution in [-0.4, -0.2) is 37.4 Å². The number of fused-ring (bicyclic) bond motifs is 1. The quantitative estimate of drug-likeness (QED) is 0.421. The maximum atomic E-state index is 12.3. The van der Waals surface area contributed by atoms with Crippen LogP contribution in [0.15, 0.2) is 25.0 Å². The lowest BCUT2D eigenvalue weighted by Crippen LogP contribution is -2.36. The van der Waals surface area contributed by atoms with Gasteiger partial charge in [0.05, 0.1) is 11.7 Å². The van der Waals surface area contributed by atoms with Gasteiger partial charge in [0.1, 0.15) is 19.3 Å². The normalized spacial score (nSPS) is 34.5. The fourth-order valence-corrected chi connectivity index (χ4v) is 4.30. The van der Waals surface area contributed by atoms with Crippen LogP contribution in [0.1, 0.15) is 13.3 Å². The molecule has 0 amide bonds. The summed E-state index contributed by atoms with van der Waals surface area (Å²) in [5, 5.41) is 0. The predicted molar refractivity (Wildman–Crippen MR) is 78.9 cm³/mol. The lowest BCUT2D eigenvalue weighted by atomic mass is 9.74. The minimum absolute atomic E-state index is 0.0533. The van der Waals surface area contributed by atoms with Crippen LogP contribution in [0.4, 0.5) is 0 Å². The Balaban J connectivity index is 0.000000647. The first-order valence-electron chi connectivity index (χ1n) is 7.76. The number of allylic oxidation sites excluding steroid dienone is 1. The van der Waals surface area contributed by atoms with E-state index in [0.717, 1.165) is 18.3 Å². The Bertz CT molecular complexity index is 575. The molecule has 2 saturated carbocycles. The van der Waals surface area contributed by atoms with Crippen molar-refractivity contribution in [3.8, 4) is 0 Å². The molecule has 0 aromatic carbocycles. The molecular formula is C17H20O7. The molecular weight excluding hydrogens is 316 g/mol. The van der Waals surface area contributed by atoms with Crippen LogP contribution in [0.25, 0.3) is 0 Å². The first-order chi connectivity index (χ1) is 11.5. The van der Waals surface area contributed by atoms with Crippen LogP contribution in [-0.2, 0) is 33.4 Å². The molecule has 0 aromatic rings. The molecule has 1 aliphatic heterocycles. The van der Waals surface area contributed by atoms with E-state index >= 15 is 0 Å². The average Bonchev–Trinajstić information content (AvgIpc) is 3.16. The van der Waals surface area contributed by atoms with E-state index in [1.165, 1.54) is 0 Å². The maximum Gasteiger partial charge on any atom is 0.373 e. The smallest absolute Gasteiger partial charge is 0.373 e. The van der Waals surface area contributed by atoms with E-state index in [2.05, 4.69) is 20.1 Å². The third-order valence-electron chi connectivity index (χ3n) is 5.14. The molecule has 3 rings (SSSR count). The Kier molecular flexibility index (Phi) is 5.57. The monoisotopic (exact) mass is 336 g/mol. The van der Waals surface area contributed by atoms with Gasteiger partial charge in [-0.25, -0.2) is 4.79 Å². The number of ether oxygens (including phenoxy) is 3. The topological polar surface area (TPSA) is 96.0 Å². The zero-order chi connectivity index (χ0) is 17.9. The summed E-state index contributed by atoms with van der Waals surface area (Å²) in [6, 6.07) is 0. The number of hydrogen-bond acceptors (Lipinski definition) is 7. The van der Waals surface area contributed by atoms with Crippen molar-refractivity contribution in [3.05, 3.63) is 25.0 Å². The van der Waals surface area contributed by atoms with Gasteiger partial charge in [-0.05, 0) is 18.3 Å². The zero-order valence-electron chi connectivity index (χ0n) is 13.4. The fourth-order valence-electron chi connectivity index (χ4n) is 4.30. The fraction of sp³-hybridized carbons (Fsp3) is 0.588. The van der Waals surface area contributed by atoms with Crippen LogP contribution < -0.4 is 0 Å². The van der Waals surface area contributed by atoms with Crippen molar-refractivity contribution in [2.45, 2.75) is 19.4 Å². The summed E-state index contributed by atoms with van der Waals surface area (Å²) < 4.78 is 15.9. The summed E-state index contributed by atoms with van der Waals surface area (Å²) in [7, 11) is 0. The van der Waals surface area contributed by atoms with Crippen LogP contribution >= 0.6 is 0 Å². The SMILES string of the molecule is C=CC(=O)OCCOC(=O)C1C2CC3C(OC(=C)C31)C2C.O=C=O. The van der Waals surface area contributed by atoms with E-state index < -0.39 is 5.97 Å². The summed E-state index contributed by atoms with van der Waals surface area (Å²) in [5.41, 5.74) is 0. The minimum atomic E-state index is -0.514. The molecule has 2 bridgehead atoms. The third kappa shape index (κ3) is 3.12. The predicted octanol–water partition coefficient (Wildman–Crippen LogP) is 1.11. The van der Waals surface area contributed by atoms with Gasteiger partial charge < -0.3 is 14.2 Å². The van der Waals surface area contributed by atoms with Gasteiger partial charge >= 0.3 is 18.1 Å². The molecule has 3 fully saturated rings. The van der Waals surface area contributed by atoms with E-state index in [4.69, 9.17) is 23.8 Å². The van der Waals surface area contributed by atoms with Gasteiger partial charge in [-0.3, -0.25) is 4.79 Å². The van der Waals surface area contributed by atoms with Crippen molar-refractivity contribution in [2.24, 2.45) is 29.6 Å². The highest BCUT2D eigenvalue weighted by Gasteiger charge is 2.65. The lowest BCUT2D eigenvalue weighted by molar-refractivity contribution is -0.191. The first kappa shape index (κ1) is 17.9. The summed E-state index contributed by atoms with van der Waals surface area (Å²) in [6.45, 7) is 9.52. The maximum absolute atomic E-state index is 12.3. The summed E-state index contributed by atoms with van der Waals surface area (Å²) in [5.74, 6) is 1.02. The van der Waals surface area contributed by atoms with Gasteiger partial charge in [0.2, 0.25) is 0 Å². The van der Waals surface area contributed by atoms with Crippen LogP contribution in [0.5, 0.6) is 0 Å². The summed E-state index contributed by atoms with van der Waals surface area (Å²) >= 11 is 0. The van der Waals surface area contributed by atoms with E-state index in [-0.39, 0.29) is 43.3 Å². The van der Waals surface area contributed by atoms with E-state index in [0.29, 0.717) is 17.8 Å². The third-order valence-corrected chi connectivity index (χ3v) is 5.14. The van der Waals surface area contributed by atoms with Crippen molar-refractivity contribution < 1.29 is 33.4 Å². The van der Waals surface area contributed by atoms with Crippen molar-refractivity contribution in [1.29, 1.82) is 0 Å². The number of rotatable bonds is 5. The minimum Gasteiger partial charge on any atom is -0.494 e. The van der Waals surface area contributed by atoms with Gasteiger partial charge in [0.15, 0.2) is 0 Å². The molecule has 0 radical (unpaired) electrons. The summed E-state index contributed by atoms with van der Waals surface area (Å²) in [4.78, 5) is 39.5. The molecule has 6 unspecified atom stereocenters. The second kappa shape index (κ2) is 7.45.